The molecule has 0 unspecified atom stereocenters. The Morgan fingerprint density at radius 2 is 1.84 bits per heavy atom. The molecule has 0 aromatic carbocycles. The number of Topliss-reactive ketones (excluding diaryl/α,β-unsaturated/α-hetero) is 1. The second-order valence-corrected chi connectivity index (χ2v) is 3.97. The topological polar surface area (TPSA) is 42.3 Å². The third-order valence-electron chi connectivity index (χ3n) is 2.70. The Morgan fingerprint density at radius 3 is 2.32 bits per heavy atom. The van der Waals surface area contributed by atoms with Crippen molar-refractivity contribution in [2.45, 2.75) is 26.6 Å². The number of nitrogens with zero attached hydrogens (tertiary/aromatic N) is 2. The van der Waals surface area contributed by atoms with Gasteiger partial charge >= 0.3 is 6.18 Å². The number of amides is 1. The number of likely N-dealkylation sites (N-methyl/N-ethyl adjacent to an activating group) is 1. The van der Waals surface area contributed by atoms with Gasteiger partial charge in [-0.15, -0.1) is 0 Å². The number of hydrogen-bond acceptors (Lipinski definition) is 2. The maximum Gasteiger partial charge on any atom is 0.454 e. The molecule has 106 valence electrons. The molecule has 1 rings (SSSR count). The standard InChI is InChI=1S/C12H15F3N2O2/c1-3-17(4-2)10(18)8-16-6-5-9(7-16)11(19)12(13,14)15/h5-7H,3-4,8H2,1-2H3. The van der Waals surface area contributed by atoms with Crippen LogP contribution in [0.25, 0.3) is 0 Å². The van der Waals surface area contributed by atoms with Gasteiger partial charge in [-0.3, -0.25) is 9.59 Å². The minimum Gasteiger partial charge on any atom is -0.344 e. The number of alkyl halides is 3. The van der Waals surface area contributed by atoms with Gasteiger partial charge in [-0.1, -0.05) is 0 Å². The van der Waals surface area contributed by atoms with E-state index in [1.54, 1.807) is 4.90 Å². The molecular formula is C12H15F3N2O2. The summed E-state index contributed by atoms with van der Waals surface area (Å²) >= 11 is 0. The van der Waals surface area contributed by atoms with Crippen LogP contribution in [0.3, 0.4) is 0 Å². The molecule has 0 bridgehead atoms. The monoisotopic (exact) mass is 276 g/mol. The summed E-state index contributed by atoms with van der Waals surface area (Å²) in [7, 11) is 0. The van der Waals surface area contributed by atoms with Crippen LogP contribution in [0, 0.1) is 0 Å². The van der Waals surface area contributed by atoms with Crippen molar-refractivity contribution in [1.82, 2.24) is 9.47 Å². The first kappa shape index (κ1) is 15.3. The van der Waals surface area contributed by atoms with E-state index in [2.05, 4.69) is 0 Å². The van der Waals surface area contributed by atoms with Crippen LogP contribution in [-0.2, 0) is 11.3 Å². The summed E-state index contributed by atoms with van der Waals surface area (Å²) in [6.45, 7) is 4.62. The molecule has 7 heteroatoms. The number of halogens is 3. The van der Waals surface area contributed by atoms with Gasteiger partial charge < -0.3 is 9.47 Å². The Hall–Kier alpha value is -1.79. The predicted octanol–water partition coefficient (Wildman–Crippen LogP) is 2.10. The number of hydrogen-bond donors (Lipinski definition) is 0. The van der Waals surface area contributed by atoms with Crippen molar-refractivity contribution >= 4 is 11.7 Å². The van der Waals surface area contributed by atoms with E-state index in [1.807, 2.05) is 13.8 Å². The van der Waals surface area contributed by atoms with Crippen LogP contribution < -0.4 is 0 Å². The summed E-state index contributed by atoms with van der Waals surface area (Å²) < 4.78 is 37.9. The van der Waals surface area contributed by atoms with E-state index >= 15 is 0 Å². The maximum atomic E-state index is 12.2. The van der Waals surface area contributed by atoms with Crippen molar-refractivity contribution in [3.8, 4) is 0 Å². The van der Waals surface area contributed by atoms with E-state index in [4.69, 9.17) is 0 Å². The summed E-state index contributed by atoms with van der Waals surface area (Å²) in [4.78, 5) is 24.3. The lowest BCUT2D eigenvalue weighted by atomic mass is 10.2. The molecule has 0 aliphatic carbocycles. The summed E-state index contributed by atoms with van der Waals surface area (Å²) in [6, 6.07) is 1.06. The highest BCUT2D eigenvalue weighted by atomic mass is 19.4. The smallest absolute Gasteiger partial charge is 0.344 e. The fourth-order valence-electron chi connectivity index (χ4n) is 1.67. The summed E-state index contributed by atoms with van der Waals surface area (Å²) in [5.74, 6) is -2.10. The summed E-state index contributed by atoms with van der Waals surface area (Å²) in [6.07, 6.45) is -2.56. The van der Waals surface area contributed by atoms with E-state index in [-0.39, 0.29) is 12.5 Å². The third-order valence-corrected chi connectivity index (χ3v) is 2.70. The van der Waals surface area contributed by atoms with Gasteiger partial charge in [0.15, 0.2) is 0 Å². The van der Waals surface area contributed by atoms with E-state index in [1.165, 1.54) is 10.8 Å². The fraction of sp³-hybridized carbons (Fsp3) is 0.500. The highest BCUT2D eigenvalue weighted by Gasteiger charge is 2.39. The Morgan fingerprint density at radius 1 is 1.26 bits per heavy atom. The van der Waals surface area contributed by atoms with E-state index in [0.29, 0.717) is 13.1 Å². The van der Waals surface area contributed by atoms with Crippen LogP contribution in [0.15, 0.2) is 18.5 Å². The number of ketones is 1. The van der Waals surface area contributed by atoms with Gasteiger partial charge in [-0.2, -0.15) is 13.2 Å². The van der Waals surface area contributed by atoms with Crippen molar-refractivity contribution in [2.75, 3.05) is 13.1 Å². The lowest BCUT2D eigenvalue weighted by Crippen LogP contribution is -2.33. The highest BCUT2D eigenvalue weighted by molar-refractivity contribution is 6.00. The number of carbonyl (C=O) groups excluding carboxylic acids is 2. The lowest BCUT2D eigenvalue weighted by molar-refractivity contribution is -0.131. The maximum absolute atomic E-state index is 12.2. The second-order valence-electron chi connectivity index (χ2n) is 3.97. The molecule has 0 atom stereocenters. The third kappa shape index (κ3) is 3.84. The average molecular weight is 276 g/mol. The second kappa shape index (κ2) is 5.90. The molecule has 1 aromatic rings. The zero-order chi connectivity index (χ0) is 14.6. The van der Waals surface area contributed by atoms with Gasteiger partial charge in [-0.05, 0) is 19.9 Å². The molecule has 0 aliphatic heterocycles. The molecule has 0 spiro atoms. The number of aromatic nitrogens is 1. The molecule has 0 aliphatic rings. The number of carbonyl (C=O) groups is 2. The van der Waals surface area contributed by atoms with Gasteiger partial charge in [0.05, 0.1) is 0 Å². The SMILES string of the molecule is CCN(CC)C(=O)Cn1ccc(C(=O)C(F)(F)F)c1. The van der Waals surface area contributed by atoms with Gasteiger partial charge in [-0.25, -0.2) is 0 Å². The van der Waals surface area contributed by atoms with Crippen molar-refractivity contribution in [2.24, 2.45) is 0 Å². The molecule has 1 aromatic heterocycles. The minimum absolute atomic E-state index is 0.0766. The van der Waals surface area contributed by atoms with Crippen LogP contribution in [0.2, 0.25) is 0 Å². The zero-order valence-corrected chi connectivity index (χ0v) is 10.7. The first-order chi connectivity index (χ1) is 8.79. The fourth-order valence-corrected chi connectivity index (χ4v) is 1.67. The van der Waals surface area contributed by atoms with Crippen molar-refractivity contribution < 1.29 is 22.8 Å². The van der Waals surface area contributed by atoms with Crippen LogP contribution in [0.1, 0.15) is 24.2 Å². The van der Waals surface area contributed by atoms with Crippen LogP contribution in [0.5, 0.6) is 0 Å². The predicted molar refractivity (Wildman–Crippen MR) is 62.7 cm³/mol. The van der Waals surface area contributed by atoms with Crippen LogP contribution >= 0.6 is 0 Å². The molecule has 1 amide bonds. The van der Waals surface area contributed by atoms with Gasteiger partial charge in [0.1, 0.15) is 6.54 Å². The molecule has 0 saturated carbocycles. The molecule has 4 nitrogen and oxygen atoms in total. The molecule has 0 fully saturated rings. The minimum atomic E-state index is -4.89. The molecule has 0 saturated heterocycles. The lowest BCUT2D eigenvalue weighted by Gasteiger charge is -2.18. The van der Waals surface area contributed by atoms with Gasteiger partial charge in [0, 0.05) is 31.0 Å². The molecule has 0 radical (unpaired) electrons. The van der Waals surface area contributed by atoms with Crippen molar-refractivity contribution in [3.05, 3.63) is 24.0 Å². The van der Waals surface area contributed by atoms with E-state index in [0.717, 1.165) is 12.3 Å². The largest absolute Gasteiger partial charge is 0.454 e. The Balaban J connectivity index is 2.76. The summed E-state index contributed by atoms with van der Waals surface area (Å²) in [5, 5.41) is 0. The molecule has 1 heterocycles. The van der Waals surface area contributed by atoms with E-state index < -0.39 is 17.5 Å². The van der Waals surface area contributed by atoms with Crippen molar-refractivity contribution in [3.63, 3.8) is 0 Å². The normalized spacial score (nSPS) is 11.4. The van der Waals surface area contributed by atoms with Crippen molar-refractivity contribution in [1.29, 1.82) is 0 Å². The zero-order valence-electron chi connectivity index (χ0n) is 10.7. The van der Waals surface area contributed by atoms with Gasteiger partial charge in [0.2, 0.25) is 5.91 Å². The summed E-state index contributed by atoms with van der Waals surface area (Å²) in [5.41, 5.74) is -0.458. The van der Waals surface area contributed by atoms with Crippen LogP contribution in [0.4, 0.5) is 13.2 Å². The Kier molecular flexibility index (Phi) is 4.74. The number of rotatable bonds is 5. The van der Waals surface area contributed by atoms with Gasteiger partial charge in [0.25, 0.3) is 5.78 Å². The van der Waals surface area contributed by atoms with E-state index in [9.17, 15) is 22.8 Å². The molecule has 0 N–H and O–H groups in total. The average Bonchev–Trinajstić information content (AvgIpc) is 2.76. The Bertz CT molecular complexity index is 462. The highest BCUT2D eigenvalue weighted by Crippen LogP contribution is 2.21. The van der Waals surface area contributed by atoms with Crippen LogP contribution in [-0.4, -0.2) is 40.4 Å². The molecular weight excluding hydrogens is 261 g/mol. The Labute approximate surface area is 108 Å². The first-order valence-electron chi connectivity index (χ1n) is 5.84. The first-order valence-corrected chi connectivity index (χ1v) is 5.84. The molecule has 19 heavy (non-hydrogen) atoms. The quantitative estimate of drug-likeness (QED) is 0.773.